The second-order valence-electron chi connectivity index (χ2n) is 6.14. The Morgan fingerprint density at radius 3 is 2.29 bits per heavy atom. The summed E-state index contributed by atoms with van der Waals surface area (Å²) in [6, 6.07) is 10.1. The monoisotopic (exact) mass is 417 g/mol. The molecule has 3 N–H and O–H groups in total. The van der Waals surface area contributed by atoms with Gasteiger partial charge in [-0.25, -0.2) is 18.4 Å². The number of amides is 1. The predicted octanol–water partition coefficient (Wildman–Crippen LogP) is 3.02. The molecule has 1 aromatic carbocycles. The highest BCUT2D eigenvalue weighted by Crippen LogP contribution is 2.24. The molecule has 10 heteroatoms. The van der Waals surface area contributed by atoms with Crippen LogP contribution >= 0.6 is 11.3 Å². The third-order valence-corrected chi connectivity index (χ3v) is 6.16. The van der Waals surface area contributed by atoms with Crippen molar-refractivity contribution in [3.05, 3.63) is 63.6 Å². The van der Waals surface area contributed by atoms with Crippen LogP contribution in [0.3, 0.4) is 0 Å². The molecule has 0 bridgehead atoms. The fourth-order valence-corrected chi connectivity index (χ4v) is 4.84. The Morgan fingerprint density at radius 2 is 1.64 bits per heavy atom. The smallest absolute Gasteiger partial charge is 0.280 e. The van der Waals surface area contributed by atoms with Gasteiger partial charge in [0.05, 0.1) is 0 Å². The molecule has 0 radical (unpaired) electrons. The normalized spacial score (nSPS) is 11.1. The van der Waals surface area contributed by atoms with Gasteiger partial charge in [-0.05, 0) is 50.4 Å². The van der Waals surface area contributed by atoms with E-state index in [2.05, 4.69) is 25.5 Å². The lowest BCUT2D eigenvalue weighted by atomic mass is 10.2. The molecule has 0 fully saturated rings. The Hall–Kier alpha value is -2.98. The minimum absolute atomic E-state index is 0.0523. The number of sulfonamides is 1. The summed E-state index contributed by atoms with van der Waals surface area (Å²) < 4.78 is 27.9. The van der Waals surface area contributed by atoms with Crippen molar-refractivity contribution >= 4 is 38.9 Å². The minimum Gasteiger partial charge on any atom is -0.280 e. The average molecular weight is 418 g/mol. The number of carbonyl (C=O) groups is 1. The highest BCUT2D eigenvalue weighted by Gasteiger charge is 2.24. The van der Waals surface area contributed by atoms with Crippen LogP contribution in [-0.2, 0) is 10.0 Å². The van der Waals surface area contributed by atoms with Crippen molar-refractivity contribution < 1.29 is 13.2 Å². The molecular formula is C18H19N5O3S2. The molecule has 0 aliphatic rings. The van der Waals surface area contributed by atoms with Gasteiger partial charge in [-0.15, -0.1) is 11.3 Å². The van der Waals surface area contributed by atoms with E-state index in [9.17, 15) is 13.2 Å². The van der Waals surface area contributed by atoms with Gasteiger partial charge in [0.25, 0.3) is 15.9 Å². The zero-order valence-corrected chi connectivity index (χ0v) is 17.1. The number of nitrogens with zero attached hydrogens (tertiary/aromatic N) is 2. The van der Waals surface area contributed by atoms with Gasteiger partial charge in [0, 0.05) is 17.1 Å². The molecule has 3 aromatic rings. The zero-order valence-electron chi connectivity index (χ0n) is 15.5. The van der Waals surface area contributed by atoms with E-state index in [1.54, 1.807) is 35.7 Å². The summed E-state index contributed by atoms with van der Waals surface area (Å²) in [5.41, 5.74) is 7.98. The number of anilines is 2. The lowest BCUT2D eigenvalue weighted by Crippen LogP contribution is -2.31. The number of hydrazine groups is 1. The molecule has 0 saturated heterocycles. The molecule has 0 spiro atoms. The molecule has 0 unspecified atom stereocenters. The molecule has 2 aromatic heterocycles. The van der Waals surface area contributed by atoms with E-state index in [1.165, 1.54) is 6.07 Å². The molecule has 2 heterocycles. The number of aryl methyl sites for hydroxylation is 3. The fraction of sp³-hybridized carbons (Fsp3) is 0.167. The minimum atomic E-state index is -3.91. The molecule has 28 heavy (non-hydrogen) atoms. The van der Waals surface area contributed by atoms with Crippen LogP contribution in [0.25, 0.3) is 0 Å². The zero-order chi connectivity index (χ0) is 20.3. The number of benzene rings is 1. The summed E-state index contributed by atoms with van der Waals surface area (Å²) in [6.45, 7) is 5.52. The van der Waals surface area contributed by atoms with Crippen molar-refractivity contribution in [1.82, 2.24) is 15.4 Å². The van der Waals surface area contributed by atoms with Crippen LogP contribution in [0.4, 0.5) is 11.6 Å². The van der Waals surface area contributed by atoms with E-state index in [0.717, 1.165) is 28.3 Å². The summed E-state index contributed by atoms with van der Waals surface area (Å²) in [5, 5.41) is 1.55. The standard InChI is InChI=1S/C18H19N5O3S2/c1-11-4-6-14(7-5-11)23-28(25,26)15-8-9-27-16(15)17(24)21-22-18-19-12(2)10-13(3)20-18/h4-10,23H,1-3H3,(H,21,24)(H,19,20,22). The average Bonchev–Trinajstić information content (AvgIpc) is 3.12. The quantitative estimate of drug-likeness (QED) is 0.532. The summed E-state index contributed by atoms with van der Waals surface area (Å²) in [7, 11) is -3.91. The highest BCUT2D eigenvalue weighted by molar-refractivity contribution is 7.93. The van der Waals surface area contributed by atoms with Crippen molar-refractivity contribution in [3.8, 4) is 0 Å². The maximum atomic E-state index is 12.7. The first-order valence-corrected chi connectivity index (χ1v) is 10.7. The van der Waals surface area contributed by atoms with Crippen molar-refractivity contribution in [3.63, 3.8) is 0 Å². The van der Waals surface area contributed by atoms with Crippen LogP contribution < -0.4 is 15.6 Å². The summed E-state index contributed by atoms with van der Waals surface area (Å²) >= 11 is 1.03. The molecule has 1 amide bonds. The number of hydrogen-bond donors (Lipinski definition) is 3. The first-order valence-electron chi connectivity index (χ1n) is 8.30. The number of hydrogen-bond acceptors (Lipinski definition) is 7. The summed E-state index contributed by atoms with van der Waals surface area (Å²) in [4.78, 5) is 20.8. The molecule has 8 nitrogen and oxygen atoms in total. The van der Waals surface area contributed by atoms with E-state index in [1.807, 2.05) is 20.8 Å². The molecule has 0 aliphatic heterocycles. The molecule has 146 valence electrons. The van der Waals surface area contributed by atoms with Crippen LogP contribution in [0.5, 0.6) is 0 Å². The highest BCUT2D eigenvalue weighted by atomic mass is 32.2. The predicted molar refractivity (Wildman–Crippen MR) is 109 cm³/mol. The first-order chi connectivity index (χ1) is 13.2. The molecule has 0 aliphatic carbocycles. The van der Waals surface area contributed by atoms with Gasteiger partial charge < -0.3 is 0 Å². The van der Waals surface area contributed by atoms with Gasteiger partial charge in [0.15, 0.2) is 0 Å². The number of carbonyl (C=O) groups excluding carboxylic acids is 1. The Morgan fingerprint density at radius 1 is 1.00 bits per heavy atom. The van der Waals surface area contributed by atoms with Gasteiger partial charge in [-0.2, -0.15) is 0 Å². The maximum absolute atomic E-state index is 12.7. The Bertz CT molecular complexity index is 1090. The second kappa shape index (κ2) is 7.95. The number of nitrogens with one attached hydrogen (secondary N) is 3. The topological polar surface area (TPSA) is 113 Å². The largest absolute Gasteiger partial charge is 0.281 e. The van der Waals surface area contributed by atoms with Crippen molar-refractivity contribution in [1.29, 1.82) is 0 Å². The van der Waals surface area contributed by atoms with Crippen molar-refractivity contribution in [2.45, 2.75) is 25.7 Å². The van der Waals surface area contributed by atoms with Gasteiger partial charge in [0.2, 0.25) is 5.95 Å². The van der Waals surface area contributed by atoms with Crippen LogP contribution in [0.1, 0.15) is 26.6 Å². The Labute approximate surface area is 167 Å². The molecule has 0 atom stereocenters. The Balaban J connectivity index is 1.76. The van der Waals surface area contributed by atoms with E-state index in [-0.39, 0.29) is 15.7 Å². The van der Waals surface area contributed by atoms with E-state index in [0.29, 0.717) is 5.69 Å². The van der Waals surface area contributed by atoms with Crippen molar-refractivity contribution in [2.75, 3.05) is 10.1 Å². The van der Waals surface area contributed by atoms with Gasteiger partial charge in [-0.3, -0.25) is 20.4 Å². The summed E-state index contributed by atoms with van der Waals surface area (Å²) in [6.07, 6.45) is 0. The second-order valence-corrected chi connectivity index (χ2v) is 8.71. The number of aromatic nitrogens is 2. The van der Waals surface area contributed by atoms with E-state index >= 15 is 0 Å². The van der Waals surface area contributed by atoms with Crippen LogP contribution in [-0.4, -0.2) is 24.3 Å². The van der Waals surface area contributed by atoms with Gasteiger partial charge in [-0.1, -0.05) is 17.7 Å². The number of thiophene rings is 1. The van der Waals surface area contributed by atoms with Crippen LogP contribution in [0.2, 0.25) is 0 Å². The molecule has 0 saturated carbocycles. The third kappa shape index (κ3) is 4.65. The SMILES string of the molecule is Cc1ccc(NS(=O)(=O)c2ccsc2C(=O)NNc2nc(C)cc(C)n2)cc1. The maximum Gasteiger partial charge on any atom is 0.281 e. The lowest BCUT2D eigenvalue weighted by molar-refractivity contribution is 0.0963. The lowest BCUT2D eigenvalue weighted by Gasteiger charge is -2.10. The van der Waals surface area contributed by atoms with Crippen LogP contribution in [0.15, 0.2) is 46.7 Å². The summed E-state index contributed by atoms with van der Waals surface area (Å²) in [5.74, 6) is -0.369. The Kier molecular flexibility index (Phi) is 5.61. The van der Waals surface area contributed by atoms with Gasteiger partial charge in [0.1, 0.15) is 9.77 Å². The fourth-order valence-electron chi connectivity index (χ4n) is 2.46. The van der Waals surface area contributed by atoms with Crippen molar-refractivity contribution in [2.24, 2.45) is 0 Å². The molecule has 3 rings (SSSR count). The first kappa shape index (κ1) is 19.8. The third-order valence-electron chi connectivity index (χ3n) is 3.70. The van der Waals surface area contributed by atoms with Crippen LogP contribution in [0, 0.1) is 20.8 Å². The molecular weight excluding hydrogens is 398 g/mol. The van der Waals surface area contributed by atoms with Gasteiger partial charge >= 0.3 is 0 Å². The number of rotatable bonds is 6. The van der Waals surface area contributed by atoms with E-state index in [4.69, 9.17) is 0 Å². The van der Waals surface area contributed by atoms with E-state index < -0.39 is 15.9 Å².